The number of rotatable bonds is 2. The molecular weight excluding hydrogens is 294 g/mol. The molecule has 2 heterocycles. The van der Waals surface area contributed by atoms with Crippen LogP contribution in [0.1, 0.15) is 17.3 Å². The SMILES string of the molecule is CCOC(=O)c1cc2cc(Br)sc2nc1O. The van der Waals surface area contributed by atoms with Gasteiger partial charge in [-0.15, -0.1) is 11.3 Å². The standard InChI is InChI=1S/C10H8BrNO3S/c1-2-15-10(14)6-3-5-4-7(11)16-9(5)12-8(6)13/h3-4H,2H2,1H3,(H,12,13). The largest absolute Gasteiger partial charge is 0.493 e. The highest BCUT2D eigenvalue weighted by molar-refractivity contribution is 9.11. The van der Waals surface area contributed by atoms with Crippen molar-refractivity contribution in [2.75, 3.05) is 6.61 Å². The number of hydrogen-bond donors (Lipinski definition) is 1. The Balaban J connectivity index is 2.53. The fourth-order valence-corrected chi connectivity index (χ4v) is 2.74. The maximum Gasteiger partial charge on any atom is 0.343 e. The average Bonchev–Trinajstić information content (AvgIpc) is 2.56. The van der Waals surface area contributed by atoms with Gasteiger partial charge < -0.3 is 9.84 Å². The maximum absolute atomic E-state index is 11.5. The van der Waals surface area contributed by atoms with Crippen LogP contribution in [0.25, 0.3) is 10.2 Å². The number of halogens is 1. The molecule has 6 heteroatoms. The van der Waals surface area contributed by atoms with E-state index in [1.165, 1.54) is 11.3 Å². The summed E-state index contributed by atoms with van der Waals surface area (Å²) in [5, 5.41) is 10.4. The van der Waals surface area contributed by atoms with Gasteiger partial charge in [0.1, 0.15) is 10.4 Å². The van der Waals surface area contributed by atoms with Crippen molar-refractivity contribution >= 4 is 43.5 Å². The Labute approximate surface area is 104 Å². The van der Waals surface area contributed by atoms with Gasteiger partial charge in [-0.25, -0.2) is 9.78 Å². The number of pyridine rings is 1. The van der Waals surface area contributed by atoms with E-state index in [1.54, 1.807) is 13.0 Å². The molecule has 0 amide bonds. The summed E-state index contributed by atoms with van der Waals surface area (Å²) in [6.07, 6.45) is 0. The molecule has 0 unspecified atom stereocenters. The third-order valence-electron chi connectivity index (χ3n) is 1.95. The van der Waals surface area contributed by atoms with Gasteiger partial charge in [0.15, 0.2) is 0 Å². The molecule has 2 aromatic heterocycles. The van der Waals surface area contributed by atoms with Crippen molar-refractivity contribution in [3.8, 4) is 5.88 Å². The maximum atomic E-state index is 11.5. The van der Waals surface area contributed by atoms with Gasteiger partial charge in [-0.3, -0.25) is 0 Å². The molecule has 0 spiro atoms. The zero-order chi connectivity index (χ0) is 11.7. The van der Waals surface area contributed by atoms with E-state index in [0.29, 0.717) is 4.83 Å². The van der Waals surface area contributed by atoms with E-state index in [2.05, 4.69) is 20.9 Å². The zero-order valence-corrected chi connectivity index (χ0v) is 10.8. The molecule has 84 valence electrons. The van der Waals surface area contributed by atoms with Gasteiger partial charge >= 0.3 is 5.97 Å². The molecule has 0 aliphatic carbocycles. The number of esters is 1. The molecule has 0 fully saturated rings. The van der Waals surface area contributed by atoms with E-state index in [9.17, 15) is 9.90 Å². The fraction of sp³-hybridized carbons (Fsp3) is 0.200. The number of aromatic nitrogens is 1. The summed E-state index contributed by atoms with van der Waals surface area (Å²) in [6.45, 7) is 1.98. The summed E-state index contributed by atoms with van der Waals surface area (Å²) in [5.74, 6) is -0.850. The predicted molar refractivity (Wildman–Crippen MR) is 64.9 cm³/mol. The van der Waals surface area contributed by atoms with Gasteiger partial charge in [0.2, 0.25) is 5.88 Å². The normalized spacial score (nSPS) is 10.6. The van der Waals surface area contributed by atoms with Crippen molar-refractivity contribution in [1.82, 2.24) is 4.98 Å². The van der Waals surface area contributed by atoms with Gasteiger partial charge in [0.05, 0.1) is 10.4 Å². The number of ether oxygens (including phenoxy) is 1. The van der Waals surface area contributed by atoms with Crippen molar-refractivity contribution in [2.24, 2.45) is 0 Å². The number of nitrogens with zero attached hydrogens (tertiary/aromatic N) is 1. The second kappa shape index (κ2) is 4.39. The van der Waals surface area contributed by atoms with E-state index in [0.717, 1.165) is 9.17 Å². The van der Waals surface area contributed by atoms with Gasteiger partial charge in [-0.1, -0.05) is 0 Å². The quantitative estimate of drug-likeness (QED) is 0.867. The first-order valence-corrected chi connectivity index (χ1v) is 6.19. The molecule has 2 rings (SSSR count). The van der Waals surface area contributed by atoms with Crippen molar-refractivity contribution in [3.05, 3.63) is 21.5 Å². The van der Waals surface area contributed by atoms with Gasteiger partial charge in [0, 0.05) is 5.39 Å². The number of hydrogen-bond acceptors (Lipinski definition) is 5. The minimum absolute atomic E-state index is 0.0969. The van der Waals surface area contributed by atoms with Crippen LogP contribution in [0, 0.1) is 0 Å². The minimum atomic E-state index is -0.559. The first-order valence-electron chi connectivity index (χ1n) is 4.58. The van der Waals surface area contributed by atoms with E-state index in [1.807, 2.05) is 6.07 Å². The Kier molecular flexibility index (Phi) is 3.11. The Morgan fingerprint density at radius 1 is 1.62 bits per heavy atom. The van der Waals surface area contributed by atoms with E-state index in [4.69, 9.17) is 4.74 Å². The predicted octanol–water partition coefficient (Wildman–Crippen LogP) is 2.94. The Morgan fingerprint density at radius 3 is 3.06 bits per heavy atom. The summed E-state index contributed by atoms with van der Waals surface area (Å²) >= 11 is 4.72. The van der Waals surface area contributed by atoms with E-state index >= 15 is 0 Å². The first-order chi connectivity index (χ1) is 7.61. The van der Waals surface area contributed by atoms with Gasteiger partial charge in [-0.2, -0.15) is 0 Å². The molecule has 16 heavy (non-hydrogen) atoms. The number of thiophene rings is 1. The highest BCUT2D eigenvalue weighted by Gasteiger charge is 2.15. The molecule has 0 aliphatic heterocycles. The Hall–Kier alpha value is -1.14. The Bertz CT molecular complexity index is 552. The molecular formula is C10H8BrNO3S. The summed E-state index contributed by atoms with van der Waals surface area (Å²) in [5.41, 5.74) is 0.0969. The monoisotopic (exact) mass is 301 g/mol. The van der Waals surface area contributed by atoms with Crippen LogP contribution in [0.2, 0.25) is 0 Å². The van der Waals surface area contributed by atoms with Crippen LogP contribution in [-0.4, -0.2) is 22.7 Å². The molecule has 4 nitrogen and oxygen atoms in total. The fourth-order valence-electron chi connectivity index (χ4n) is 1.29. The molecule has 0 aliphatic rings. The van der Waals surface area contributed by atoms with Gasteiger partial charge in [-0.05, 0) is 35.0 Å². The van der Waals surface area contributed by atoms with E-state index < -0.39 is 5.97 Å². The van der Waals surface area contributed by atoms with Gasteiger partial charge in [0.25, 0.3) is 0 Å². The molecule has 2 aromatic rings. The first kappa shape index (κ1) is 11.3. The van der Waals surface area contributed by atoms with Crippen molar-refractivity contribution in [2.45, 2.75) is 6.92 Å². The van der Waals surface area contributed by atoms with Crippen LogP contribution in [-0.2, 0) is 4.74 Å². The lowest BCUT2D eigenvalue weighted by molar-refractivity contribution is 0.0522. The zero-order valence-electron chi connectivity index (χ0n) is 8.36. The lowest BCUT2D eigenvalue weighted by Crippen LogP contribution is -2.05. The number of carbonyl (C=O) groups is 1. The van der Waals surface area contributed by atoms with Crippen molar-refractivity contribution < 1.29 is 14.6 Å². The second-order valence-corrected chi connectivity index (χ2v) is 5.43. The molecule has 0 radical (unpaired) electrons. The van der Waals surface area contributed by atoms with Crippen LogP contribution < -0.4 is 0 Å². The lowest BCUT2D eigenvalue weighted by Gasteiger charge is -2.03. The van der Waals surface area contributed by atoms with Crippen molar-refractivity contribution in [1.29, 1.82) is 0 Å². The molecule has 0 bridgehead atoms. The van der Waals surface area contributed by atoms with Crippen molar-refractivity contribution in [3.63, 3.8) is 0 Å². The average molecular weight is 302 g/mol. The van der Waals surface area contributed by atoms with Crippen LogP contribution in [0.5, 0.6) is 5.88 Å². The van der Waals surface area contributed by atoms with E-state index in [-0.39, 0.29) is 18.1 Å². The summed E-state index contributed by atoms with van der Waals surface area (Å²) in [7, 11) is 0. The number of aromatic hydroxyl groups is 1. The molecule has 0 saturated heterocycles. The Morgan fingerprint density at radius 2 is 2.38 bits per heavy atom. The number of carbonyl (C=O) groups excluding carboxylic acids is 1. The molecule has 0 saturated carbocycles. The summed E-state index contributed by atoms with van der Waals surface area (Å²) < 4.78 is 5.72. The lowest BCUT2D eigenvalue weighted by atomic mass is 10.2. The smallest absolute Gasteiger partial charge is 0.343 e. The third kappa shape index (κ3) is 2.03. The second-order valence-electron chi connectivity index (χ2n) is 3.02. The third-order valence-corrected chi connectivity index (χ3v) is 3.50. The van der Waals surface area contributed by atoms with Crippen LogP contribution in [0.15, 0.2) is 15.9 Å². The topological polar surface area (TPSA) is 59.4 Å². The molecule has 0 atom stereocenters. The summed E-state index contributed by atoms with van der Waals surface area (Å²) in [6, 6.07) is 3.42. The minimum Gasteiger partial charge on any atom is -0.493 e. The highest BCUT2D eigenvalue weighted by atomic mass is 79.9. The highest BCUT2D eigenvalue weighted by Crippen LogP contribution is 2.31. The summed E-state index contributed by atoms with van der Waals surface area (Å²) in [4.78, 5) is 16.1. The van der Waals surface area contributed by atoms with Crippen LogP contribution in [0.3, 0.4) is 0 Å². The molecule has 0 aromatic carbocycles. The molecule has 1 N–H and O–H groups in total. The van der Waals surface area contributed by atoms with Crippen LogP contribution in [0.4, 0.5) is 0 Å². The van der Waals surface area contributed by atoms with Crippen LogP contribution >= 0.6 is 27.3 Å². The number of fused-ring (bicyclic) bond motifs is 1.